The molecule has 0 saturated carbocycles. The summed E-state index contributed by atoms with van der Waals surface area (Å²) in [6.07, 6.45) is 1.92. The molecule has 5 nitrogen and oxygen atoms in total. The van der Waals surface area contributed by atoms with Crippen molar-refractivity contribution in [2.24, 2.45) is 10.8 Å². The Kier molecular flexibility index (Phi) is 6.75. The zero-order valence-electron chi connectivity index (χ0n) is 23.7. The number of benzene rings is 3. The van der Waals surface area contributed by atoms with E-state index in [2.05, 4.69) is 0 Å². The third-order valence-corrected chi connectivity index (χ3v) is 20.8. The summed E-state index contributed by atoms with van der Waals surface area (Å²) in [4.78, 5) is 21.4. The maximum atomic E-state index is 14.9. The summed E-state index contributed by atoms with van der Waals surface area (Å²) in [6.45, 7) is 12.1. The van der Waals surface area contributed by atoms with Crippen LogP contribution < -0.4 is 10.5 Å². The summed E-state index contributed by atoms with van der Waals surface area (Å²) in [6, 6.07) is 29.9. The van der Waals surface area contributed by atoms with Gasteiger partial charge in [0, 0.05) is 0 Å². The molecule has 1 aliphatic heterocycles. The average molecular weight is 635 g/mol. The summed E-state index contributed by atoms with van der Waals surface area (Å²) >= 11 is -5.51. The van der Waals surface area contributed by atoms with Crippen molar-refractivity contribution in [1.82, 2.24) is 0 Å². The fraction of sp³-hybridized carbons (Fsp3) is 0.303. The van der Waals surface area contributed by atoms with Gasteiger partial charge in [-0.2, -0.15) is 0 Å². The van der Waals surface area contributed by atoms with Crippen molar-refractivity contribution < 1.29 is 20.6 Å². The molecule has 3 aromatic rings. The Morgan fingerprint density at radius 1 is 0.692 bits per heavy atom. The van der Waals surface area contributed by atoms with Gasteiger partial charge >= 0.3 is 234 Å². The van der Waals surface area contributed by atoms with Crippen LogP contribution in [-0.2, 0) is 20.6 Å². The van der Waals surface area contributed by atoms with Crippen molar-refractivity contribution in [2.45, 2.75) is 47.3 Å². The molecule has 0 N–H and O–H groups in total. The molecule has 0 amide bonds. The molecule has 2 aliphatic rings. The predicted molar refractivity (Wildman–Crippen MR) is 156 cm³/mol. The van der Waals surface area contributed by atoms with Gasteiger partial charge in [-0.3, -0.25) is 0 Å². The second-order valence-corrected chi connectivity index (χ2v) is 23.0. The number of carbonyl (C=O) groups is 1. The fourth-order valence-electron chi connectivity index (χ4n) is 5.68. The molecule has 1 heterocycles. The van der Waals surface area contributed by atoms with Gasteiger partial charge in [-0.05, 0) is 0 Å². The molecule has 6 heteroatoms. The summed E-state index contributed by atoms with van der Waals surface area (Å²) < 4.78 is 22.8. The molecular weight excluding hydrogens is 598 g/mol. The summed E-state index contributed by atoms with van der Waals surface area (Å²) in [5.41, 5.74) is 0.106. The van der Waals surface area contributed by atoms with Gasteiger partial charge in [-0.25, -0.2) is 0 Å². The number of carbonyl (C=O) groups excluding carboxylic acids is 1. The number of methoxy groups -OCH3 is 1. The van der Waals surface area contributed by atoms with Crippen molar-refractivity contribution in [3.63, 3.8) is 0 Å². The zero-order chi connectivity index (χ0) is 28.1. The van der Waals surface area contributed by atoms with E-state index in [-0.39, 0.29) is 5.78 Å². The zero-order valence-corrected chi connectivity index (χ0v) is 26.3. The second kappa shape index (κ2) is 9.45. The normalized spacial score (nSPS) is 23.7. The quantitative estimate of drug-likeness (QED) is 0.289. The second-order valence-electron chi connectivity index (χ2n) is 12.2. The van der Waals surface area contributed by atoms with E-state index in [1.54, 1.807) is 7.11 Å². The van der Waals surface area contributed by atoms with Crippen LogP contribution in [0.2, 0.25) is 0 Å². The molecule has 5 rings (SSSR count). The average Bonchev–Trinajstić information content (AvgIpc) is 3.30. The first-order chi connectivity index (χ1) is 18.4. The monoisotopic (exact) mass is 634 g/mol. The van der Waals surface area contributed by atoms with Crippen LogP contribution in [0.3, 0.4) is 0 Å². The Morgan fingerprint density at radius 2 is 1.13 bits per heavy atom. The van der Waals surface area contributed by atoms with Gasteiger partial charge in [-0.15, -0.1) is 0 Å². The first-order valence-corrected chi connectivity index (χ1v) is 19.2. The minimum absolute atomic E-state index is 0.294. The van der Waals surface area contributed by atoms with Crippen LogP contribution in [0.4, 0.5) is 0 Å². The molecule has 204 valence electrons. The van der Waals surface area contributed by atoms with Gasteiger partial charge in [0.25, 0.3) is 0 Å². The Bertz CT molecular complexity index is 1350. The molecule has 1 atom stereocenters. The number of hydrogen-bond donors (Lipinski definition) is 0. The molecule has 0 aromatic heterocycles. The Balaban J connectivity index is 1.91. The van der Waals surface area contributed by atoms with Crippen LogP contribution in [-0.4, -0.2) is 36.9 Å². The van der Waals surface area contributed by atoms with Crippen LogP contribution in [0.1, 0.15) is 41.5 Å². The predicted octanol–water partition coefficient (Wildman–Crippen LogP) is 5.28. The number of ketones is 1. The van der Waals surface area contributed by atoms with Gasteiger partial charge in [0.1, 0.15) is 0 Å². The third-order valence-electron chi connectivity index (χ3n) is 7.46. The van der Waals surface area contributed by atoms with E-state index in [0.717, 1.165) is 10.5 Å². The first-order valence-electron chi connectivity index (χ1n) is 13.2. The van der Waals surface area contributed by atoms with E-state index in [1.807, 2.05) is 139 Å². The van der Waals surface area contributed by atoms with Crippen molar-refractivity contribution >= 4 is 34.6 Å². The fourth-order valence-corrected chi connectivity index (χ4v) is 18.8. The van der Waals surface area contributed by atoms with Gasteiger partial charge < -0.3 is 0 Å². The molecule has 1 unspecified atom stereocenters. The van der Waals surface area contributed by atoms with Crippen LogP contribution in [0, 0.1) is 10.8 Å². The Labute approximate surface area is 233 Å². The van der Waals surface area contributed by atoms with Gasteiger partial charge in [0.2, 0.25) is 0 Å². The molecule has 3 aromatic carbocycles. The third kappa shape index (κ3) is 4.05. The number of hydrogen-bond acceptors (Lipinski definition) is 5. The molecule has 1 saturated heterocycles. The molecular formula is C33H37O5Sb. The number of Topliss-reactive ketones (excluding diaryl/α,β-unsaturated/α-hetero) is 1. The number of allylic oxidation sites excluding steroid dienone is 1. The van der Waals surface area contributed by atoms with E-state index < -0.39 is 34.9 Å². The molecule has 1 spiro atoms. The van der Waals surface area contributed by atoms with Crippen LogP contribution in [0.25, 0.3) is 0 Å². The SMILES string of the molecule is COC1=C(C(C)(C)C)C(=O)C2(O[O][Sb]([c]3ccccc3)([c]3ccccc3)([c]3ccccc3)[O]2)C(C(C)(C)C)=C1. The first kappa shape index (κ1) is 27.9. The van der Waals surface area contributed by atoms with Gasteiger partial charge in [0.05, 0.1) is 0 Å². The number of rotatable bonds is 4. The maximum absolute atomic E-state index is 14.9. The molecule has 0 radical (unpaired) electrons. The van der Waals surface area contributed by atoms with E-state index in [9.17, 15) is 4.79 Å². The topological polar surface area (TPSA) is 54.0 Å². The van der Waals surface area contributed by atoms with Crippen molar-refractivity contribution in [3.8, 4) is 0 Å². The summed E-state index contributed by atoms with van der Waals surface area (Å²) in [7, 11) is 1.60. The van der Waals surface area contributed by atoms with Crippen LogP contribution in [0.15, 0.2) is 114 Å². The molecule has 1 aliphatic carbocycles. The Morgan fingerprint density at radius 3 is 1.49 bits per heavy atom. The van der Waals surface area contributed by atoms with E-state index in [0.29, 0.717) is 16.9 Å². The van der Waals surface area contributed by atoms with Crippen molar-refractivity contribution in [3.05, 3.63) is 114 Å². The van der Waals surface area contributed by atoms with Gasteiger partial charge in [-0.1, -0.05) is 0 Å². The minimum atomic E-state index is -5.51. The summed E-state index contributed by atoms with van der Waals surface area (Å²) in [5.74, 6) is -1.57. The van der Waals surface area contributed by atoms with Crippen molar-refractivity contribution in [1.29, 1.82) is 0 Å². The van der Waals surface area contributed by atoms with Crippen LogP contribution >= 0.6 is 0 Å². The Hall–Kier alpha value is -2.69. The van der Waals surface area contributed by atoms with Crippen molar-refractivity contribution in [2.75, 3.05) is 7.11 Å². The van der Waals surface area contributed by atoms with Crippen LogP contribution in [0.5, 0.6) is 0 Å². The van der Waals surface area contributed by atoms with E-state index in [1.165, 1.54) is 0 Å². The summed E-state index contributed by atoms with van der Waals surface area (Å²) in [5, 5.41) is 0. The van der Waals surface area contributed by atoms with E-state index in [4.69, 9.17) is 15.8 Å². The van der Waals surface area contributed by atoms with Gasteiger partial charge in [0.15, 0.2) is 0 Å². The van der Waals surface area contributed by atoms with E-state index >= 15 is 0 Å². The molecule has 1 fully saturated rings. The molecule has 0 bridgehead atoms. The standard InChI is InChI=1S/C15H23O5.3C6H5.Sb/c1-13(2,3)10-8-9(19-7)11(14(4,5)6)12(16)15(10,17)20-18;3*1-2-4-6-5-3-1;/h8,18H,1-7H3;3*1-5H;/q-1;;;;+2/p-1. The molecule has 39 heavy (non-hydrogen) atoms. The number of ether oxygens (including phenoxy) is 1.